The first-order valence-electron chi connectivity index (χ1n) is 12.4. The molecule has 0 radical (unpaired) electrons. The van der Waals surface area contributed by atoms with Crippen LogP contribution in [0, 0.1) is 0 Å². The number of ether oxygens (including phenoxy) is 5. The Bertz CT molecular complexity index is 1370. The topological polar surface area (TPSA) is 197 Å². The van der Waals surface area contributed by atoms with Crippen LogP contribution in [0.15, 0.2) is 12.7 Å². The van der Waals surface area contributed by atoms with Crippen molar-refractivity contribution in [2.75, 3.05) is 11.5 Å². The van der Waals surface area contributed by atoms with E-state index in [1.165, 1.54) is 10.9 Å². The number of fused-ring (bicyclic) bond motifs is 2. The fraction of sp³-hybridized carbons (Fsp3) is 0.696. The van der Waals surface area contributed by atoms with Gasteiger partial charge in [0, 0.05) is 0 Å². The van der Waals surface area contributed by atoms with Crippen LogP contribution in [0.3, 0.4) is 0 Å². The van der Waals surface area contributed by atoms with E-state index in [2.05, 4.69) is 15.0 Å². The highest BCUT2D eigenvalue weighted by atomic mass is 32.2. The van der Waals surface area contributed by atoms with Crippen LogP contribution in [0.5, 0.6) is 0 Å². The third kappa shape index (κ3) is 6.67. The Labute approximate surface area is 231 Å². The summed E-state index contributed by atoms with van der Waals surface area (Å²) in [5, 5.41) is 4.99. The number of aromatic nitrogens is 4. The minimum absolute atomic E-state index is 0.0572. The molecule has 0 spiro atoms. The van der Waals surface area contributed by atoms with Crippen LogP contribution in [-0.2, 0) is 38.2 Å². The van der Waals surface area contributed by atoms with Gasteiger partial charge in [-0.15, -0.1) is 0 Å². The summed E-state index contributed by atoms with van der Waals surface area (Å²) in [6.45, 7) is 12.9. The molecule has 222 valence electrons. The van der Waals surface area contributed by atoms with Gasteiger partial charge in [0.25, 0.3) is 0 Å². The van der Waals surface area contributed by atoms with Crippen molar-refractivity contribution in [1.82, 2.24) is 19.5 Å². The Morgan fingerprint density at radius 3 is 2.15 bits per heavy atom. The van der Waals surface area contributed by atoms with Crippen molar-refractivity contribution in [2.45, 2.75) is 96.9 Å². The van der Waals surface area contributed by atoms with Gasteiger partial charge in [0.1, 0.15) is 35.8 Å². The van der Waals surface area contributed by atoms with Gasteiger partial charge in [0.05, 0.1) is 12.9 Å². The maximum atomic E-state index is 13.2. The molecule has 0 aromatic carbocycles. The number of anilines is 1. The predicted molar refractivity (Wildman–Crippen MR) is 137 cm³/mol. The number of hydrogen-bond acceptors (Lipinski definition) is 13. The zero-order valence-corrected chi connectivity index (χ0v) is 24.3. The maximum Gasteiger partial charge on any atom is 0.425 e. The Morgan fingerprint density at radius 2 is 1.60 bits per heavy atom. The Balaban J connectivity index is 1.74. The zero-order valence-electron chi connectivity index (χ0n) is 23.5. The molecule has 2 fully saturated rings. The van der Waals surface area contributed by atoms with E-state index in [4.69, 9.17) is 33.0 Å². The lowest BCUT2D eigenvalue weighted by Gasteiger charge is -2.28. The van der Waals surface area contributed by atoms with Crippen LogP contribution >= 0.6 is 0 Å². The number of amides is 2. The molecule has 0 saturated carbocycles. The van der Waals surface area contributed by atoms with Crippen molar-refractivity contribution in [3.63, 3.8) is 0 Å². The molecule has 2 aromatic heterocycles. The summed E-state index contributed by atoms with van der Waals surface area (Å²) >= 11 is 0. The molecule has 2 saturated heterocycles. The largest absolute Gasteiger partial charge is 0.443 e. The molecular formula is C23H34N6O10S. The highest BCUT2D eigenvalue weighted by Gasteiger charge is 2.56. The van der Waals surface area contributed by atoms with Crippen LogP contribution in [0.4, 0.5) is 15.4 Å². The number of carbonyl (C=O) groups is 2. The lowest BCUT2D eigenvalue weighted by atomic mass is 10.1. The molecule has 40 heavy (non-hydrogen) atoms. The van der Waals surface area contributed by atoms with Gasteiger partial charge in [0.15, 0.2) is 29.0 Å². The molecular weight excluding hydrogens is 552 g/mol. The van der Waals surface area contributed by atoms with E-state index in [1.54, 1.807) is 55.4 Å². The summed E-state index contributed by atoms with van der Waals surface area (Å²) < 4.78 is 58.0. The first-order chi connectivity index (χ1) is 18.2. The molecule has 2 aromatic rings. The molecule has 2 aliphatic rings. The molecule has 17 heteroatoms. The number of rotatable bonds is 5. The number of nitrogens with zero attached hydrogens (tertiary/aromatic N) is 5. The number of hydrogen-bond donors (Lipinski definition) is 1. The summed E-state index contributed by atoms with van der Waals surface area (Å²) in [6.07, 6.45) is -2.79. The summed E-state index contributed by atoms with van der Waals surface area (Å²) in [5.41, 5.74) is -1.64. The summed E-state index contributed by atoms with van der Waals surface area (Å²) in [6, 6.07) is 0. The Morgan fingerprint density at radius 1 is 1.02 bits per heavy atom. The van der Waals surface area contributed by atoms with Crippen LogP contribution in [-0.4, -0.2) is 82.0 Å². The minimum atomic E-state index is -4.24. The lowest BCUT2D eigenvalue weighted by molar-refractivity contribution is -0.198. The van der Waals surface area contributed by atoms with Gasteiger partial charge >= 0.3 is 22.5 Å². The normalized spacial score (nSPS) is 24.6. The minimum Gasteiger partial charge on any atom is -0.443 e. The van der Waals surface area contributed by atoms with Gasteiger partial charge in [-0.05, 0) is 55.4 Å². The Hall–Kier alpha value is -2.96. The molecule has 0 unspecified atom stereocenters. The van der Waals surface area contributed by atoms with E-state index >= 15 is 0 Å². The van der Waals surface area contributed by atoms with Crippen LogP contribution in [0.2, 0.25) is 0 Å². The highest BCUT2D eigenvalue weighted by Crippen LogP contribution is 2.44. The van der Waals surface area contributed by atoms with E-state index in [1.807, 2.05) is 0 Å². The fourth-order valence-corrected chi connectivity index (χ4v) is 4.55. The highest BCUT2D eigenvalue weighted by molar-refractivity contribution is 7.84. The van der Waals surface area contributed by atoms with Crippen LogP contribution in [0.1, 0.15) is 61.6 Å². The van der Waals surface area contributed by atoms with Crippen molar-refractivity contribution < 1.29 is 45.9 Å². The summed E-state index contributed by atoms with van der Waals surface area (Å²) in [7, 11) is -4.24. The van der Waals surface area contributed by atoms with Crippen LogP contribution < -0.4 is 10.0 Å². The Kier molecular flexibility index (Phi) is 7.61. The van der Waals surface area contributed by atoms with E-state index in [9.17, 15) is 18.0 Å². The summed E-state index contributed by atoms with van der Waals surface area (Å²) in [5.74, 6) is -1.20. The molecule has 2 aliphatic heterocycles. The molecule has 2 amide bonds. The van der Waals surface area contributed by atoms with E-state index in [0.717, 1.165) is 6.33 Å². The van der Waals surface area contributed by atoms with Crippen molar-refractivity contribution >= 4 is 39.5 Å². The number of imide groups is 1. The van der Waals surface area contributed by atoms with Gasteiger partial charge < -0.3 is 23.7 Å². The van der Waals surface area contributed by atoms with Gasteiger partial charge in [0.2, 0.25) is 0 Å². The van der Waals surface area contributed by atoms with Gasteiger partial charge in [-0.25, -0.2) is 29.7 Å². The quantitative estimate of drug-likeness (QED) is 0.535. The third-order valence-electron chi connectivity index (χ3n) is 5.50. The molecule has 4 atom stereocenters. The number of carbonyl (C=O) groups excluding carboxylic acids is 2. The number of nitrogens with two attached hydrogens (primary N) is 1. The second kappa shape index (κ2) is 10.1. The van der Waals surface area contributed by atoms with Gasteiger partial charge in [-0.3, -0.25) is 8.75 Å². The van der Waals surface area contributed by atoms with E-state index in [0.29, 0.717) is 4.90 Å². The molecule has 4 rings (SSSR count). The molecule has 0 bridgehead atoms. The molecule has 4 heterocycles. The fourth-order valence-electron chi connectivity index (χ4n) is 4.23. The van der Waals surface area contributed by atoms with Crippen molar-refractivity contribution in [3.05, 3.63) is 12.7 Å². The average Bonchev–Trinajstić information content (AvgIpc) is 3.40. The van der Waals surface area contributed by atoms with Crippen LogP contribution in [0.25, 0.3) is 11.2 Å². The van der Waals surface area contributed by atoms with Gasteiger partial charge in [-0.1, -0.05) is 0 Å². The second-order valence-corrected chi connectivity index (χ2v) is 12.9. The number of imidazole rings is 1. The zero-order chi connectivity index (χ0) is 29.8. The standard InChI is InChI=1S/C23H34N6O10S/c1-21(2,3)38-19(30)29(20(31)39-22(4,5)6)17-13-16(25-10-26-17)28(11-27-13)18-15-14(36-23(7,8)37-15)12(35-18)9-34-40(24,32)33/h10-12,14-15,18H,9H2,1-8H3,(H2,24,32,33)/t12-,14-,15-,18-/m1/s1. The first-order valence-corrected chi connectivity index (χ1v) is 13.8. The summed E-state index contributed by atoms with van der Waals surface area (Å²) in [4.78, 5) is 39.8. The van der Waals surface area contributed by atoms with E-state index < -0.39 is 70.6 Å². The van der Waals surface area contributed by atoms with Crippen molar-refractivity contribution in [1.29, 1.82) is 0 Å². The van der Waals surface area contributed by atoms with Crippen molar-refractivity contribution in [2.24, 2.45) is 5.14 Å². The van der Waals surface area contributed by atoms with Gasteiger partial charge in [-0.2, -0.15) is 13.3 Å². The lowest BCUT2D eigenvalue weighted by Crippen LogP contribution is -2.44. The predicted octanol–water partition coefficient (Wildman–Crippen LogP) is 2.14. The maximum absolute atomic E-state index is 13.2. The third-order valence-corrected chi connectivity index (χ3v) is 5.96. The first kappa shape index (κ1) is 30.0. The monoisotopic (exact) mass is 586 g/mol. The second-order valence-electron chi connectivity index (χ2n) is 11.7. The van der Waals surface area contributed by atoms with E-state index in [-0.39, 0.29) is 17.0 Å². The molecule has 16 nitrogen and oxygen atoms in total. The molecule has 2 N–H and O–H groups in total. The SMILES string of the molecule is CC(C)(C)OC(=O)N(C(=O)OC(C)(C)C)c1ncnc2c1ncn2[C@@H]1O[C@H](COS(N)(=O)=O)[C@H]2OC(C)(C)O[C@H]21. The smallest absolute Gasteiger partial charge is 0.425 e. The average molecular weight is 587 g/mol. The molecule has 0 aliphatic carbocycles. The van der Waals surface area contributed by atoms with Crippen molar-refractivity contribution in [3.8, 4) is 0 Å².